The van der Waals surface area contributed by atoms with Gasteiger partial charge in [-0.15, -0.1) is 0 Å². The molecule has 0 spiro atoms. The number of hydrogen-bond acceptors (Lipinski definition) is 3. The molecule has 1 unspecified atom stereocenters. The van der Waals surface area contributed by atoms with Gasteiger partial charge in [-0.05, 0) is 49.4 Å². The Labute approximate surface area is 111 Å². The molecule has 0 saturated carbocycles. The number of hydrogen-bond donors (Lipinski definition) is 3. The summed E-state index contributed by atoms with van der Waals surface area (Å²) in [5.41, 5.74) is 1.54. The topological polar surface area (TPSA) is 52.5 Å². The zero-order valence-electron chi connectivity index (χ0n) is 9.89. The fraction of sp³-hybridized carbons (Fsp3) is 0.143. The van der Waals surface area contributed by atoms with Crippen molar-refractivity contribution in [2.45, 2.75) is 13.0 Å². The minimum absolute atomic E-state index is 0.127. The molecule has 0 aliphatic heterocycles. The van der Waals surface area contributed by atoms with Crippen LogP contribution in [0.2, 0.25) is 5.02 Å². The lowest BCUT2D eigenvalue weighted by atomic mass is 10.1. The van der Waals surface area contributed by atoms with Crippen molar-refractivity contribution in [3.8, 4) is 11.5 Å². The number of halogens is 1. The second kappa shape index (κ2) is 5.19. The van der Waals surface area contributed by atoms with E-state index in [0.29, 0.717) is 10.6 Å². The van der Waals surface area contributed by atoms with Crippen molar-refractivity contribution in [3.05, 3.63) is 53.1 Å². The van der Waals surface area contributed by atoms with Crippen LogP contribution >= 0.6 is 11.6 Å². The van der Waals surface area contributed by atoms with Crippen molar-refractivity contribution in [3.63, 3.8) is 0 Å². The third-order valence-corrected chi connectivity index (χ3v) is 2.96. The number of benzene rings is 2. The van der Waals surface area contributed by atoms with Crippen LogP contribution in [-0.2, 0) is 0 Å². The summed E-state index contributed by atoms with van der Waals surface area (Å²) in [6.45, 7) is 1.91. The number of phenols is 2. The zero-order chi connectivity index (χ0) is 13.1. The van der Waals surface area contributed by atoms with Crippen LogP contribution in [0.3, 0.4) is 0 Å². The summed E-state index contributed by atoms with van der Waals surface area (Å²) >= 11 is 5.81. The second-order valence-corrected chi connectivity index (χ2v) is 4.55. The second-order valence-electron chi connectivity index (χ2n) is 4.12. The predicted molar refractivity (Wildman–Crippen MR) is 73.3 cm³/mol. The quantitative estimate of drug-likeness (QED) is 0.736. The minimum Gasteiger partial charge on any atom is -0.508 e. The Morgan fingerprint density at radius 2 is 1.72 bits per heavy atom. The van der Waals surface area contributed by atoms with Crippen LogP contribution in [0.5, 0.6) is 11.5 Å². The molecule has 2 rings (SSSR count). The molecular formula is C14H14ClNO2. The Kier molecular flexibility index (Phi) is 3.63. The van der Waals surface area contributed by atoms with Gasteiger partial charge in [0.05, 0.1) is 6.04 Å². The highest BCUT2D eigenvalue weighted by Gasteiger charge is 2.11. The third kappa shape index (κ3) is 2.87. The summed E-state index contributed by atoms with van der Waals surface area (Å²) in [5, 5.41) is 23.1. The van der Waals surface area contributed by atoms with Crippen molar-refractivity contribution >= 4 is 17.3 Å². The molecule has 0 heterocycles. The standard InChI is InChI=1S/C14H14ClNO2/c1-9(13-8-12(17)6-7-14(13)18)16-11-4-2-10(15)3-5-11/h2-9,16-18H,1H3. The maximum Gasteiger partial charge on any atom is 0.121 e. The van der Waals surface area contributed by atoms with E-state index < -0.39 is 0 Å². The maximum absolute atomic E-state index is 9.76. The van der Waals surface area contributed by atoms with Crippen molar-refractivity contribution in [2.75, 3.05) is 5.32 Å². The molecule has 0 aliphatic rings. The molecular weight excluding hydrogens is 250 g/mol. The monoisotopic (exact) mass is 263 g/mol. The van der Waals surface area contributed by atoms with Gasteiger partial charge in [0.1, 0.15) is 11.5 Å². The highest BCUT2D eigenvalue weighted by molar-refractivity contribution is 6.30. The highest BCUT2D eigenvalue weighted by Crippen LogP contribution is 2.30. The van der Waals surface area contributed by atoms with Crippen LogP contribution in [0.1, 0.15) is 18.5 Å². The molecule has 3 nitrogen and oxygen atoms in total. The molecule has 0 saturated heterocycles. The minimum atomic E-state index is -0.127. The zero-order valence-corrected chi connectivity index (χ0v) is 10.6. The van der Waals surface area contributed by atoms with E-state index in [-0.39, 0.29) is 17.5 Å². The van der Waals surface area contributed by atoms with Gasteiger partial charge in [-0.25, -0.2) is 0 Å². The van der Waals surface area contributed by atoms with Gasteiger partial charge >= 0.3 is 0 Å². The van der Waals surface area contributed by atoms with Crippen LogP contribution in [0.15, 0.2) is 42.5 Å². The Morgan fingerprint density at radius 3 is 2.39 bits per heavy atom. The summed E-state index contributed by atoms with van der Waals surface area (Å²) in [7, 11) is 0. The van der Waals surface area contributed by atoms with E-state index in [0.717, 1.165) is 5.69 Å². The first-order valence-corrected chi connectivity index (χ1v) is 5.98. The molecule has 94 valence electrons. The Balaban J connectivity index is 2.18. The van der Waals surface area contributed by atoms with Gasteiger partial charge in [-0.2, -0.15) is 0 Å². The number of phenolic OH excluding ortho intramolecular Hbond substituents is 2. The third-order valence-electron chi connectivity index (χ3n) is 2.71. The normalized spacial score (nSPS) is 12.1. The van der Waals surface area contributed by atoms with Crippen molar-refractivity contribution in [1.82, 2.24) is 0 Å². The van der Waals surface area contributed by atoms with E-state index in [1.54, 1.807) is 18.2 Å². The van der Waals surface area contributed by atoms with Gasteiger partial charge < -0.3 is 15.5 Å². The average molecular weight is 264 g/mol. The summed E-state index contributed by atoms with van der Waals surface area (Å²) in [5.74, 6) is 0.286. The van der Waals surface area contributed by atoms with Crippen LogP contribution in [-0.4, -0.2) is 10.2 Å². The number of rotatable bonds is 3. The number of aromatic hydroxyl groups is 2. The SMILES string of the molecule is CC(Nc1ccc(Cl)cc1)c1cc(O)ccc1O. The summed E-state index contributed by atoms with van der Waals surface area (Å²) in [6, 6.07) is 11.6. The van der Waals surface area contributed by atoms with Crippen molar-refractivity contribution in [1.29, 1.82) is 0 Å². The number of nitrogens with one attached hydrogen (secondary N) is 1. The molecule has 0 amide bonds. The first kappa shape index (κ1) is 12.6. The molecule has 3 N–H and O–H groups in total. The molecule has 0 fully saturated rings. The summed E-state index contributed by atoms with van der Waals surface area (Å²) < 4.78 is 0. The summed E-state index contributed by atoms with van der Waals surface area (Å²) in [4.78, 5) is 0. The van der Waals surface area contributed by atoms with E-state index in [2.05, 4.69) is 5.32 Å². The fourth-order valence-corrected chi connectivity index (χ4v) is 1.89. The highest BCUT2D eigenvalue weighted by atomic mass is 35.5. The molecule has 1 atom stereocenters. The average Bonchev–Trinajstić information content (AvgIpc) is 2.35. The maximum atomic E-state index is 9.76. The van der Waals surface area contributed by atoms with Crippen molar-refractivity contribution < 1.29 is 10.2 Å². The van der Waals surface area contributed by atoms with Gasteiger partial charge in [0.15, 0.2) is 0 Å². The Morgan fingerprint density at radius 1 is 1.06 bits per heavy atom. The van der Waals surface area contributed by atoms with Crippen LogP contribution in [0, 0.1) is 0 Å². The molecule has 2 aromatic carbocycles. The lowest BCUT2D eigenvalue weighted by molar-refractivity contribution is 0.451. The van der Waals surface area contributed by atoms with Gasteiger partial charge in [0.25, 0.3) is 0 Å². The summed E-state index contributed by atoms with van der Waals surface area (Å²) in [6.07, 6.45) is 0. The van der Waals surface area contributed by atoms with E-state index >= 15 is 0 Å². The molecule has 0 bridgehead atoms. The van der Waals surface area contributed by atoms with E-state index in [1.807, 2.05) is 19.1 Å². The van der Waals surface area contributed by atoms with Crippen LogP contribution < -0.4 is 5.32 Å². The molecule has 0 aliphatic carbocycles. The lowest BCUT2D eigenvalue weighted by Gasteiger charge is -2.17. The van der Waals surface area contributed by atoms with Gasteiger partial charge in [-0.1, -0.05) is 11.6 Å². The van der Waals surface area contributed by atoms with Crippen molar-refractivity contribution in [2.24, 2.45) is 0 Å². The first-order valence-electron chi connectivity index (χ1n) is 5.60. The Bertz CT molecular complexity index is 540. The molecule has 2 aromatic rings. The van der Waals surface area contributed by atoms with E-state index in [9.17, 15) is 10.2 Å². The Hall–Kier alpha value is -1.87. The molecule has 18 heavy (non-hydrogen) atoms. The lowest BCUT2D eigenvalue weighted by Crippen LogP contribution is -2.06. The smallest absolute Gasteiger partial charge is 0.121 e. The van der Waals surface area contributed by atoms with Crippen LogP contribution in [0.25, 0.3) is 0 Å². The van der Waals surface area contributed by atoms with Gasteiger partial charge in [0, 0.05) is 16.3 Å². The van der Waals surface area contributed by atoms with Crippen LogP contribution in [0.4, 0.5) is 5.69 Å². The number of anilines is 1. The van der Waals surface area contributed by atoms with Gasteiger partial charge in [-0.3, -0.25) is 0 Å². The largest absolute Gasteiger partial charge is 0.508 e. The van der Waals surface area contributed by atoms with E-state index in [1.165, 1.54) is 12.1 Å². The van der Waals surface area contributed by atoms with Gasteiger partial charge in [0.2, 0.25) is 0 Å². The van der Waals surface area contributed by atoms with E-state index in [4.69, 9.17) is 11.6 Å². The first-order chi connectivity index (χ1) is 8.56. The molecule has 4 heteroatoms. The molecule has 0 aromatic heterocycles. The molecule has 0 radical (unpaired) electrons. The fourth-order valence-electron chi connectivity index (χ4n) is 1.76. The predicted octanol–water partition coefficient (Wildman–Crippen LogP) is 3.92.